The van der Waals surface area contributed by atoms with Gasteiger partial charge in [0, 0.05) is 12.6 Å². The Morgan fingerprint density at radius 2 is 2.38 bits per heavy atom. The molecule has 0 saturated carbocycles. The summed E-state index contributed by atoms with van der Waals surface area (Å²) in [7, 11) is 1.69. The number of ether oxygens (including phenoxy) is 1. The molecule has 0 aliphatic carbocycles. The smallest absolute Gasteiger partial charge is 0.142 e. The fourth-order valence-electron chi connectivity index (χ4n) is 1.71. The second kappa shape index (κ2) is 3.26. The quantitative estimate of drug-likeness (QED) is 0.674. The number of methoxy groups -OCH3 is 1. The number of para-hydroxylation sites is 1. The van der Waals surface area contributed by atoms with E-state index in [1.165, 1.54) is 5.56 Å². The Bertz CT molecular complexity index is 312. The number of fused-ring (bicyclic) bond motifs is 1. The van der Waals surface area contributed by atoms with E-state index in [1.54, 1.807) is 7.11 Å². The first-order chi connectivity index (χ1) is 6.31. The summed E-state index contributed by atoms with van der Waals surface area (Å²) in [5.41, 5.74) is 8.19. The largest absolute Gasteiger partial charge is 0.495 e. The minimum absolute atomic E-state index is 0.222. The molecule has 3 N–H and O–H groups in total. The molecule has 70 valence electrons. The van der Waals surface area contributed by atoms with E-state index in [0.717, 1.165) is 24.4 Å². The molecule has 1 heterocycles. The molecule has 1 aromatic carbocycles. The molecule has 0 radical (unpaired) electrons. The lowest BCUT2D eigenvalue weighted by molar-refractivity contribution is 0.415. The third-order valence-electron chi connectivity index (χ3n) is 2.36. The fraction of sp³-hybridized carbons (Fsp3) is 0.400. The fourth-order valence-corrected chi connectivity index (χ4v) is 1.71. The zero-order valence-electron chi connectivity index (χ0n) is 7.71. The van der Waals surface area contributed by atoms with Crippen molar-refractivity contribution in [1.82, 2.24) is 0 Å². The molecular weight excluding hydrogens is 164 g/mol. The molecule has 0 saturated heterocycles. The third-order valence-corrected chi connectivity index (χ3v) is 2.36. The van der Waals surface area contributed by atoms with E-state index in [1.807, 2.05) is 12.1 Å². The molecule has 1 aromatic rings. The van der Waals surface area contributed by atoms with Gasteiger partial charge in [-0.2, -0.15) is 0 Å². The summed E-state index contributed by atoms with van der Waals surface area (Å²) in [6.07, 6.45) is 0.930. The lowest BCUT2D eigenvalue weighted by Gasteiger charge is -2.24. The maximum absolute atomic E-state index is 5.84. The molecule has 3 nitrogen and oxygen atoms in total. The SMILES string of the molecule is COc1cccc2c1NCC(N)C2. The molecule has 1 aliphatic heterocycles. The number of hydrogen-bond donors (Lipinski definition) is 2. The van der Waals surface area contributed by atoms with Crippen LogP contribution in [0, 0.1) is 0 Å². The Hall–Kier alpha value is -1.22. The molecule has 0 spiro atoms. The van der Waals surface area contributed by atoms with Gasteiger partial charge >= 0.3 is 0 Å². The number of benzene rings is 1. The van der Waals surface area contributed by atoms with E-state index in [4.69, 9.17) is 10.5 Å². The highest BCUT2D eigenvalue weighted by atomic mass is 16.5. The number of anilines is 1. The lowest BCUT2D eigenvalue weighted by Crippen LogP contribution is -2.35. The summed E-state index contributed by atoms with van der Waals surface area (Å²) < 4.78 is 5.24. The minimum atomic E-state index is 0.222. The summed E-state index contributed by atoms with van der Waals surface area (Å²) in [6, 6.07) is 6.27. The molecule has 13 heavy (non-hydrogen) atoms. The topological polar surface area (TPSA) is 47.3 Å². The predicted octanol–water partition coefficient (Wildman–Crippen LogP) is 0.990. The normalized spacial score (nSPS) is 20.3. The van der Waals surface area contributed by atoms with E-state index >= 15 is 0 Å². The number of nitrogens with one attached hydrogen (secondary N) is 1. The first-order valence-corrected chi connectivity index (χ1v) is 4.46. The van der Waals surface area contributed by atoms with Crippen LogP contribution in [0.25, 0.3) is 0 Å². The van der Waals surface area contributed by atoms with Gasteiger partial charge in [-0.3, -0.25) is 0 Å². The molecule has 1 aliphatic rings. The third kappa shape index (κ3) is 1.47. The molecule has 0 amide bonds. The molecule has 1 atom stereocenters. The van der Waals surface area contributed by atoms with Gasteiger partial charge in [0.25, 0.3) is 0 Å². The summed E-state index contributed by atoms with van der Waals surface area (Å²) in [4.78, 5) is 0. The first kappa shape index (κ1) is 8.38. The molecule has 1 unspecified atom stereocenters. The molecule has 3 heteroatoms. The van der Waals surface area contributed by atoms with Crippen molar-refractivity contribution in [3.05, 3.63) is 23.8 Å². The van der Waals surface area contributed by atoms with Crippen LogP contribution in [-0.2, 0) is 6.42 Å². The zero-order valence-corrected chi connectivity index (χ0v) is 7.71. The minimum Gasteiger partial charge on any atom is -0.495 e. The van der Waals surface area contributed by atoms with Crippen molar-refractivity contribution < 1.29 is 4.74 Å². The van der Waals surface area contributed by atoms with Crippen LogP contribution < -0.4 is 15.8 Å². The second-order valence-corrected chi connectivity index (χ2v) is 3.34. The molecule has 0 aromatic heterocycles. The average Bonchev–Trinajstić information content (AvgIpc) is 2.16. The number of nitrogens with two attached hydrogens (primary N) is 1. The van der Waals surface area contributed by atoms with Gasteiger partial charge in [-0.25, -0.2) is 0 Å². The second-order valence-electron chi connectivity index (χ2n) is 3.34. The van der Waals surface area contributed by atoms with Crippen LogP contribution in [-0.4, -0.2) is 19.7 Å². The van der Waals surface area contributed by atoms with Crippen molar-refractivity contribution in [3.63, 3.8) is 0 Å². The van der Waals surface area contributed by atoms with Crippen LogP contribution in [0.1, 0.15) is 5.56 Å². The van der Waals surface area contributed by atoms with E-state index in [-0.39, 0.29) is 6.04 Å². The van der Waals surface area contributed by atoms with Crippen LogP contribution in [0.15, 0.2) is 18.2 Å². The Morgan fingerprint density at radius 3 is 3.15 bits per heavy atom. The summed E-state index contributed by atoms with van der Waals surface area (Å²) in [5.74, 6) is 0.907. The highest BCUT2D eigenvalue weighted by Gasteiger charge is 2.17. The van der Waals surface area contributed by atoms with Crippen molar-refractivity contribution in [1.29, 1.82) is 0 Å². The Labute approximate surface area is 77.9 Å². The van der Waals surface area contributed by atoms with Crippen LogP contribution >= 0.6 is 0 Å². The van der Waals surface area contributed by atoms with Gasteiger partial charge in [0.1, 0.15) is 5.75 Å². The molecule has 2 rings (SSSR count). The zero-order chi connectivity index (χ0) is 9.26. The average molecular weight is 178 g/mol. The van der Waals surface area contributed by atoms with Gasteiger partial charge in [0.2, 0.25) is 0 Å². The first-order valence-electron chi connectivity index (χ1n) is 4.46. The van der Waals surface area contributed by atoms with Crippen LogP contribution in [0.2, 0.25) is 0 Å². The van der Waals surface area contributed by atoms with Crippen molar-refractivity contribution in [2.45, 2.75) is 12.5 Å². The number of rotatable bonds is 1. The van der Waals surface area contributed by atoms with Crippen molar-refractivity contribution in [3.8, 4) is 5.75 Å². The number of hydrogen-bond acceptors (Lipinski definition) is 3. The predicted molar refractivity (Wildman–Crippen MR) is 53.2 cm³/mol. The standard InChI is InChI=1S/C10H14N2O/c1-13-9-4-2-3-7-5-8(11)6-12-10(7)9/h2-4,8,12H,5-6,11H2,1H3. The molecular formula is C10H14N2O. The van der Waals surface area contributed by atoms with Gasteiger partial charge in [-0.15, -0.1) is 0 Å². The Balaban J connectivity index is 2.39. The lowest BCUT2D eigenvalue weighted by atomic mass is 10.00. The van der Waals surface area contributed by atoms with E-state index in [9.17, 15) is 0 Å². The Morgan fingerprint density at radius 1 is 1.54 bits per heavy atom. The molecule has 0 bridgehead atoms. The van der Waals surface area contributed by atoms with Crippen LogP contribution in [0.3, 0.4) is 0 Å². The van der Waals surface area contributed by atoms with Crippen molar-refractivity contribution in [2.24, 2.45) is 5.73 Å². The van der Waals surface area contributed by atoms with E-state index in [0.29, 0.717) is 0 Å². The summed E-state index contributed by atoms with van der Waals surface area (Å²) in [6.45, 7) is 0.827. The van der Waals surface area contributed by atoms with Crippen LogP contribution in [0.5, 0.6) is 5.75 Å². The summed E-state index contributed by atoms with van der Waals surface area (Å²) >= 11 is 0. The highest BCUT2D eigenvalue weighted by Crippen LogP contribution is 2.31. The van der Waals surface area contributed by atoms with Gasteiger partial charge in [-0.05, 0) is 18.1 Å². The molecule has 0 fully saturated rings. The van der Waals surface area contributed by atoms with Gasteiger partial charge in [-0.1, -0.05) is 12.1 Å². The maximum Gasteiger partial charge on any atom is 0.142 e. The maximum atomic E-state index is 5.84. The highest BCUT2D eigenvalue weighted by molar-refractivity contribution is 5.63. The van der Waals surface area contributed by atoms with E-state index < -0.39 is 0 Å². The van der Waals surface area contributed by atoms with Crippen molar-refractivity contribution in [2.75, 3.05) is 19.0 Å². The Kier molecular flexibility index (Phi) is 2.10. The van der Waals surface area contributed by atoms with Gasteiger partial charge in [0.05, 0.1) is 12.8 Å². The summed E-state index contributed by atoms with van der Waals surface area (Å²) in [5, 5.41) is 3.28. The van der Waals surface area contributed by atoms with Gasteiger partial charge < -0.3 is 15.8 Å². The van der Waals surface area contributed by atoms with E-state index in [2.05, 4.69) is 11.4 Å². The monoisotopic (exact) mass is 178 g/mol. The van der Waals surface area contributed by atoms with Crippen LogP contribution in [0.4, 0.5) is 5.69 Å². The van der Waals surface area contributed by atoms with Crippen molar-refractivity contribution >= 4 is 5.69 Å². The van der Waals surface area contributed by atoms with Gasteiger partial charge in [0.15, 0.2) is 0 Å².